The van der Waals surface area contributed by atoms with Gasteiger partial charge < -0.3 is 24.3 Å². The zero-order chi connectivity index (χ0) is 25.8. The fourth-order valence-electron chi connectivity index (χ4n) is 5.18. The molecule has 0 unspecified atom stereocenters. The number of rotatable bonds is 8. The number of hydrogen-bond donors (Lipinski definition) is 1. The highest BCUT2D eigenvalue weighted by Gasteiger charge is 2.43. The molecule has 0 fully saturated rings. The molecule has 2 aromatic carbocycles. The van der Waals surface area contributed by atoms with Crippen LogP contribution in [0.4, 0.5) is 0 Å². The van der Waals surface area contributed by atoms with Crippen LogP contribution in [0, 0.1) is 0 Å². The van der Waals surface area contributed by atoms with Gasteiger partial charge in [0.1, 0.15) is 17.2 Å². The molecule has 36 heavy (non-hydrogen) atoms. The number of Topliss-reactive ketones (excluding diaryl/α,β-unsaturated/α-hetero) is 1. The van der Waals surface area contributed by atoms with Crippen LogP contribution in [-0.2, 0) is 14.3 Å². The number of benzene rings is 2. The number of esters is 1. The summed E-state index contributed by atoms with van der Waals surface area (Å²) in [4.78, 5) is 27.2. The van der Waals surface area contributed by atoms with Gasteiger partial charge in [0, 0.05) is 34.9 Å². The summed E-state index contributed by atoms with van der Waals surface area (Å²) in [6.45, 7) is 4.09. The number of allylic oxidation sites excluding steroid dienone is 3. The topological polar surface area (TPSA) is 83.1 Å². The molecule has 0 bridgehead atoms. The summed E-state index contributed by atoms with van der Waals surface area (Å²) in [6, 6.07) is 13.2. The summed E-state index contributed by atoms with van der Waals surface area (Å²) in [5.74, 6) is 0.794. The Morgan fingerprint density at radius 1 is 0.972 bits per heavy atom. The normalized spacial score (nSPS) is 19.4. The molecule has 1 aliphatic carbocycles. The van der Waals surface area contributed by atoms with E-state index in [9.17, 15) is 9.59 Å². The van der Waals surface area contributed by atoms with Crippen LogP contribution >= 0.6 is 0 Å². The van der Waals surface area contributed by atoms with Gasteiger partial charge in [0.15, 0.2) is 5.78 Å². The van der Waals surface area contributed by atoms with Crippen LogP contribution in [0.2, 0.25) is 0 Å². The van der Waals surface area contributed by atoms with Gasteiger partial charge in [-0.15, -0.1) is 0 Å². The number of methoxy groups -OCH3 is 3. The first-order valence-electron chi connectivity index (χ1n) is 12.2. The Morgan fingerprint density at radius 2 is 1.69 bits per heavy atom. The highest BCUT2D eigenvalue weighted by atomic mass is 16.5. The molecule has 0 amide bonds. The molecule has 0 aromatic heterocycles. The molecule has 0 radical (unpaired) electrons. The lowest BCUT2D eigenvalue weighted by Crippen LogP contribution is -2.36. The van der Waals surface area contributed by atoms with Crippen molar-refractivity contribution >= 4 is 11.8 Å². The lowest BCUT2D eigenvalue weighted by molar-refractivity contribution is -0.139. The molecule has 0 saturated carbocycles. The summed E-state index contributed by atoms with van der Waals surface area (Å²) in [5, 5.41) is 3.38. The van der Waals surface area contributed by atoms with Crippen LogP contribution < -0.4 is 19.5 Å². The van der Waals surface area contributed by atoms with E-state index in [2.05, 4.69) is 5.32 Å². The summed E-state index contributed by atoms with van der Waals surface area (Å²) in [6.07, 6.45) is 1.62. The predicted octanol–water partition coefficient (Wildman–Crippen LogP) is 5.03. The number of carbonyl (C=O) groups is 2. The van der Waals surface area contributed by atoms with Crippen molar-refractivity contribution in [3.05, 3.63) is 76.1 Å². The van der Waals surface area contributed by atoms with Crippen molar-refractivity contribution in [1.29, 1.82) is 0 Å². The molecule has 7 nitrogen and oxygen atoms in total. The maximum Gasteiger partial charge on any atom is 0.336 e. The van der Waals surface area contributed by atoms with E-state index in [1.54, 1.807) is 33.5 Å². The van der Waals surface area contributed by atoms with Crippen molar-refractivity contribution in [2.24, 2.45) is 0 Å². The molecule has 1 N–H and O–H groups in total. The van der Waals surface area contributed by atoms with Crippen molar-refractivity contribution in [2.75, 3.05) is 27.9 Å². The predicted molar refractivity (Wildman–Crippen MR) is 136 cm³/mol. The first-order chi connectivity index (χ1) is 17.4. The average Bonchev–Trinajstić information content (AvgIpc) is 2.90. The smallest absolute Gasteiger partial charge is 0.336 e. The summed E-state index contributed by atoms with van der Waals surface area (Å²) in [7, 11) is 4.80. The van der Waals surface area contributed by atoms with Crippen LogP contribution in [0.3, 0.4) is 0 Å². The molecule has 1 aliphatic heterocycles. The SMILES string of the molecule is CCCOC(=O)C1=C(C)NC2=C(C(=O)C[C@@H](c3ccccc3OC)C2)[C@H]1c1cc(OC)ccc1OC. The molecule has 0 saturated heterocycles. The molecular weight excluding hydrogens is 458 g/mol. The minimum Gasteiger partial charge on any atom is -0.497 e. The Kier molecular flexibility index (Phi) is 7.67. The van der Waals surface area contributed by atoms with Gasteiger partial charge in [0.2, 0.25) is 0 Å². The quantitative estimate of drug-likeness (QED) is 0.519. The summed E-state index contributed by atoms with van der Waals surface area (Å²) < 4.78 is 22.3. The van der Waals surface area contributed by atoms with Gasteiger partial charge in [-0.05, 0) is 49.6 Å². The number of dihydropyridines is 1. The molecule has 190 valence electrons. The standard InChI is InChI=1S/C29H33NO6/c1-6-13-36-29(32)26-17(2)30-22-14-18(20-9-7-8-10-24(20)34-4)15-23(31)28(22)27(26)21-16-19(33-3)11-12-25(21)35-5/h7-12,16,18,27,30H,6,13-15H2,1-5H3/t18-,27-/m0/s1. The maximum atomic E-state index is 13.9. The molecule has 7 heteroatoms. The Hall–Kier alpha value is -3.74. The van der Waals surface area contributed by atoms with Gasteiger partial charge >= 0.3 is 5.97 Å². The Bertz CT molecular complexity index is 1230. The molecule has 2 atom stereocenters. The van der Waals surface area contributed by atoms with E-state index in [0.29, 0.717) is 59.8 Å². The Balaban J connectivity index is 1.86. The molecule has 2 aromatic rings. The molecule has 1 heterocycles. The van der Waals surface area contributed by atoms with E-state index >= 15 is 0 Å². The average molecular weight is 492 g/mol. The molecule has 4 rings (SSSR count). The third-order valence-corrected chi connectivity index (χ3v) is 6.81. The van der Waals surface area contributed by atoms with E-state index in [1.807, 2.05) is 44.2 Å². The third kappa shape index (κ3) is 4.70. The first kappa shape index (κ1) is 25.4. The van der Waals surface area contributed by atoms with E-state index in [-0.39, 0.29) is 11.7 Å². The number of ether oxygens (including phenoxy) is 4. The Morgan fingerprint density at radius 3 is 2.39 bits per heavy atom. The number of para-hydroxylation sites is 1. The van der Waals surface area contributed by atoms with Crippen molar-refractivity contribution in [2.45, 2.75) is 44.9 Å². The van der Waals surface area contributed by atoms with Gasteiger partial charge in [-0.25, -0.2) is 4.79 Å². The largest absolute Gasteiger partial charge is 0.497 e. The zero-order valence-corrected chi connectivity index (χ0v) is 21.5. The second-order valence-electron chi connectivity index (χ2n) is 9.00. The number of carbonyl (C=O) groups excluding carboxylic acids is 2. The second-order valence-corrected chi connectivity index (χ2v) is 9.00. The van der Waals surface area contributed by atoms with Gasteiger partial charge in [-0.1, -0.05) is 25.1 Å². The zero-order valence-electron chi connectivity index (χ0n) is 21.5. The minimum atomic E-state index is -0.637. The van der Waals surface area contributed by atoms with Crippen LogP contribution in [0.15, 0.2) is 65.0 Å². The van der Waals surface area contributed by atoms with Gasteiger partial charge in [-0.3, -0.25) is 4.79 Å². The number of hydrogen-bond acceptors (Lipinski definition) is 7. The van der Waals surface area contributed by atoms with Crippen molar-refractivity contribution in [1.82, 2.24) is 5.32 Å². The fraction of sp³-hybridized carbons (Fsp3) is 0.379. The minimum absolute atomic E-state index is 0.0252. The van der Waals surface area contributed by atoms with Gasteiger partial charge in [0.05, 0.1) is 39.4 Å². The van der Waals surface area contributed by atoms with Crippen LogP contribution in [0.25, 0.3) is 0 Å². The monoisotopic (exact) mass is 491 g/mol. The van der Waals surface area contributed by atoms with Crippen LogP contribution in [0.1, 0.15) is 56.1 Å². The maximum absolute atomic E-state index is 13.9. The Labute approximate surface area is 212 Å². The fourth-order valence-corrected chi connectivity index (χ4v) is 5.18. The van der Waals surface area contributed by atoms with E-state index in [1.165, 1.54) is 0 Å². The number of nitrogens with one attached hydrogen (secondary N) is 1. The van der Waals surface area contributed by atoms with Crippen LogP contribution in [0.5, 0.6) is 17.2 Å². The molecular formula is C29H33NO6. The molecule has 0 spiro atoms. The molecule has 2 aliphatic rings. The van der Waals surface area contributed by atoms with E-state index in [4.69, 9.17) is 18.9 Å². The second kappa shape index (κ2) is 10.9. The summed E-state index contributed by atoms with van der Waals surface area (Å²) >= 11 is 0. The third-order valence-electron chi connectivity index (χ3n) is 6.81. The van der Waals surface area contributed by atoms with Crippen molar-refractivity contribution < 1.29 is 28.5 Å². The van der Waals surface area contributed by atoms with Gasteiger partial charge in [0.25, 0.3) is 0 Å². The van der Waals surface area contributed by atoms with E-state index in [0.717, 1.165) is 17.0 Å². The number of ketones is 1. The lowest BCUT2D eigenvalue weighted by atomic mass is 9.71. The van der Waals surface area contributed by atoms with Crippen molar-refractivity contribution in [3.63, 3.8) is 0 Å². The first-order valence-corrected chi connectivity index (χ1v) is 12.2. The lowest BCUT2D eigenvalue weighted by Gasteiger charge is -2.37. The highest BCUT2D eigenvalue weighted by molar-refractivity contribution is 6.04. The van der Waals surface area contributed by atoms with E-state index < -0.39 is 11.9 Å². The van der Waals surface area contributed by atoms with Crippen LogP contribution in [-0.4, -0.2) is 39.7 Å². The highest BCUT2D eigenvalue weighted by Crippen LogP contribution is 2.49. The van der Waals surface area contributed by atoms with Gasteiger partial charge in [-0.2, -0.15) is 0 Å². The summed E-state index contributed by atoms with van der Waals surface area (Å²) in [5.41, 5.74) is 4.14. The van der Waals surface area contributed by atoms with Crippen molar-refractivity contribution in [3.8, 4) is 17.2 Å².